The van der Waals surface area contributed by atoms with Crippen LogP contribution in [0.1, 0.15) is 42.6 Å². The molecule has 8 nitrogen and oxygen atoms in total. The second kappa shape index (κ2) is 10.6. The first-order valence-corrected chi connectivity index (χ1v) is 12.5. The Morgan fingerprint density at radius 1 is 1.03 bits per heavy atom. The highest BCUT2D eigenvalue weighted by atomic mass is 32.2. The van der Waals surface area contributed by atoms with Crippen molar-refractivity contribution in [3.63, 3.8) is 0 Å². The van der Waals surface area contributed by atoms with Crippen LogP contribution in [0, 0.1) is 0 Å². The van der Waals surface area contributed by atoms with Crippen molar-refractivity contribution in [2.75, 3.05) is 19.6 Å². The number of sulfonamides is 1. The molecule has 1 heterocycles. The Morgan fingerprint density at radius 2 is 1.70 bits per heavy atom. The van der Waals surface area contributed by atoms with Crippen LogP contribution in [-0.4, -0.2) is 61.0 Å². The van der Waals surface area contributed by atoms with E-state index in [4.69, 9.17) is 0 Å². The van der Waals surface area contributed by atoms with E-state index in [1.807, 2.05) is 37.3 Å². The molecule has 1 unspecified atom stereocenters. The summed E-state index contributed by atoms with van der Waals surface area (Å²) in [7, 11) is -4.12. The quantitative estimate of drug-likeness (QED) is 0.572. The average Bonchev–Trinajstić information content (AvgIpc) is 3.01. The van der Waals surface area contributed by atoms with E-state index in [1.54, 1.807) is 13.0 Å². The Hall–Kier alpha value is -3.20. The van der Waals surface area contributed by atoms with Gasteiger partial charge < -0.3 is 10.2 Å². The summed E-state index contributed by atoms with van der Waals surface area (Å²) < 4.78 is 26.4. The first-order valence-electron chi connectivity index (χ1n) is 11.1. The zero-order valence-electron chi connectivity index (χ0n) is 18.9. The molecule has 3 rings (SSSR count). The maximum atomic E-state index is 13.4. The molecule has 2 aromatic rings. The molecule has 2 aromatic carbocycles. The molecule has 1 aliphatic rings. The van der Waals surface area contributed by atoms with Crippen molar-refractivity contribution in [3.8, 4) is 0 Å². The number of benzene rings is 2. The number of nitrogens with one attached hydrogen (secondary N) is 1. The predicted molar refractivity (Wildman–Crippen MR) is 124 cm³/mol. The Kier molecular flexibility index (Phi) is 7.86. The maximum absolute atomic E-state index is 13.4. The van der Waals surface area contributed by atoms with Crippen molar-refractivity contribution >= 4 is 27.7 Å². The molecule has 1 N–H and O–H groups in total. The summed E-state index contributed by atoms with van der Waals surface area (Å²) in [6.45, 7) is 3.77. The Balaban J connectivity index is 1.85. The Labute approximate surface area is 194 Å². The summed E-state index contributed by atoms with van der Waals surface area (Å²) >= 11 is 0. The van der Waals surface area contributed by atoms with Gasteiger partial charge in [-0.1, -0.05) is 56.3 Å². The number of hydrogen-bond donors (Lipinski definition) is 1. The number of amides is 3. The van der Waals surface area contributed by atoms with Crippen LogP contribution in [0.3, 0.4) is 0 Å². The minimum atomic E-state index is -4.12. The highest BCUT2D eigenvalue weighted by molar-refractivity contribution is 7.90. The summed E-state index contributed by atoms with van der Waals surface area (Å²) in [6.07, 6.45) is 1.60. The topological polar surface area (TPSA) is 104 Å². The van der Waals surface area contributed by atoms with Crippen LogP contribution in [0.2, 0.25) is 0 Å². The van der Waals surface area contributed by atoms with Crippen molar-refractivity contribution < 1.29 is 22.8 Å². The van der Waals surface area contributed by atoms with Crippen LogP contribution in [0.25, 0.3) is 0 Å². The highest BCUT2D eigenvalue weighted by Gasteiger charge is 2.43. The third-order valence-corrected chi connectivity index (χ3v) is 7.40. The number of nitrogens with zero attached hydrogens (tertiary/aromatic N) is 2. The third kappa shape index (κ3) is 5.24. The number of hydrogen-bond acceptors (Lipinski definition) is 5. The van der Waals surface area contributed by atoms with E-state index in [0.29, 0.717) is 23.7 Å². The van der Waals surface area contributed by atoms with Gasteiger partial charge in [0.05, 0.1) is 5.56 Å². The van der Waals surface area contributed by atoms with Gasteiger partial charge in [0.2, 0.25) is 11.8 Å². The molecule has 33 heavy (non-hydrogen) atoms. The van der Waals surface area contributed by atoms with Crippen LogP contribution < -0.4 is 5.32 Å². The fourth-order valence-corrected chi connectivity index (χ4v) is 5.38. The molecule has 3 amide bonds. The fraction of sp³-hybridized carbons (Fsp3) is 0.375. The van der Waals surface area contributed by atoms with E-state index < -0.39 is 34.4 Å². The minimum absolute atomic E-state index is 0.0499. The Morgan fingerprint density at radius 3 is 2.33 bits per heavy atom. The third-order valence-electron chi connectivity index (χ3n) is 5.61. The van der Waals surface area contributed by atoms with E-state index in [9.17, 15) is 22.8 Å². The normalized spacial score (nSPS) is 15.1. The molecule has 1 atom stereocenters. The second-order valence-corrected chi connectivity index (χ2v) is 9.68. The summed E-state index contributed by atoms with van der Waals surface area (Å²) in [4.78, 5) is 40.2. The predicted octanol–water partition coefficient (Wildman–Crippen LogP) is 2.21. The van der Waals surface area contributed by atoms with Gasteiger partial charge in [-0.2, -0.15) is 0 Å². The van der Waals surface area contributed by atoms with E-state index >= 15 is 0 Å². The molecule has 0 spiro atoms. The lowest BCUT2D eigenvalue weighted by Crippen LogP contribution is -2.53. The summed E-state index contributed by atoms with van der Waals surface area (Å²) in [6, 6.07) is 14.6. The van der Waals surface area contributed by atoms with E-state index in [1.165, 1.54) is 23.1 Å². The number of rotatable bonds is 10. The van der Waals surface area contributed by atoms with Crippen LogP contribution in [0.5, 0.6) is 0 Å². The highest BCUT2D eigenvalue weighted by Crippen LogP contribution is 2.30. The maximum Gasteiger partial charge on any atom is 0.269 e. The standard InChI is InChI=1S/C24H29N3O5S/c1-3-15-25-23(29)20(4-2)26(16-14-18-10-6-5-7-11-18)22(28)17-27-24(30)19-12-8-9-13-21(19)33(27,31)32/h5-13,20H,3-4,14-17H2,1-2H3,(H,25,29). The molecule has 9 heteroatoms. The fourth-order valence-electron chi connectivity index (χ4n) is 3.86. The van der Waals surface area contributed by atoms with Crippen molar-refractivity contribution in [3.05, 3.63) is 65.7 Å². The first-order chi connectivity index (χ1) is 15.8. The van der Waals surface area contributed by atoms with Gasteiger partial charge in [0.1, 0.15) is 17.5 Å². The monoisotopic (exact) mass is 471 g/mol. The van der Waals surface area contributed by atoms with Gasteiger partial charge in [-0.25, -0.2) is 12.7 Å². The molecule has 176 valence electrons. The van der Waals surface area contributed by atoms with Gasteiger partial charge in [0, 0.05) is 13.1 Å². The minimum Gasteiger partial charge on any atom is -0.354 e. The second-order valence-electron chi connectivity index (χ2n) is 7.85. The van der Waals surface area contributed by atoms with Crippen LogP contribution in [-0.2, 0) is 26.0 Å². The molecule has 0 saturated carbocycles. The van der Waals surface area contributed by atoms with Gasteiger partial charge in [-0.3, -0.25) is 14.4 Å². The molecular formula is C24H29N3O5S. The summed E-state index contributed by atoms with van der Waals surface area (Å²) in [5.41, 5.74) is 1.03. The van der Waals surface area contributed by atoms with Crippen LogP contribution >= 0.6 is 0 Å². The average molecular weight is 472 g/mol. The van der Waals surface area contributed by atoms with Gasteiger partial charge in [0.15, 0.2) is 0 Å². The van der Waals surface area contributed by atoms with Gasteiger partial charge in [-0.05, 0) is 37.0 Å². The van der Waals surface area contributed by atoms with Crippen molar-refractivity contribution in [1.29, 1.82) is 0 Å². The van der Waals surface area contributed by atoms with Crippen molar-refractivity contribution in [2.24, 2.45) is 0 Å². The molecule has 0 saturated heterocycles. The lowest BCUT2D eigenvalue weighted by molar-refractivity contribution is -0.140. The van der Waals surface area contributed by atoms with E-state index in [2.05, 4.69) is 5.32 Å². The van der Waals surface area contributed by atoms with Crippen molar-refractivity contribution in [2.45, 2.75) is 44.0 Å². The summed E-state index contributed by atoms with van der Waals surface area (Å²) in [5.74, 6) is -1.61. The van der Waals surface area contributed by atoms with E-state index in [0.717, 1.165) is 12.0 Å². The van der Waals surface area contributed by atoms with Gasteiger partial charge in [-0.15, -0.1) is 0 Å². The van der Waals surface area contributed by atoms with Crippen molar-refractivity contribution in [1.82, 2.24) is 14.5 Å². The summed E-state index contributed by atoms with van der Waals surface area (Å²) in [5, 5.41) is 2.82. The van der Waals surface area contributed by atoms with Crippen LogP contribution in [0.15, 0.2) is 59.5 Å². The number of fused-ring (bicyclic) bond motifs is 1. The lowest BCUT2D eigenvalue weighted by Gasteiger charge is -2.31. The molecular weight excluding hydrogens is 442 g/mol. The number of carbonyl (C=O) groups excluding carboxylic acids is 3. The van der Waals surface area contributed by atoms with Gasteiger partial charge >= 0.3 is 0 Å². The Bertz CT molecular complexity index is 1120. The lowest BCUT2D eigenvalue weighted by atomic mass is 10.1. The molecule has 1 aliphatic heterocycles. The molecule has 0 aromatic heterocycles. The SMILES string of the molecule is CCCNC(=O)C(CC)N(CCc1ccccc1)C(=O)CN1C(=O)c2ccccc2S1(=O)=O. The largest absolute Gasteiger partial charge is 0.354 e. The molecule has 0 aliphatic carbocycles. The van der Waals surface area contributed by atoms with Gasteiger partial charge in [0.25, 0.3) is 15.9 Å². The zero-order chi connectivity index (χ0) is 24.0. The first kappa shape index (κ1) is 24.4. The number of carbonyl (C=O) groups is 3. The zero-order valence-corrected chi connectivity index (χ0v) is 19.7. The van der Waals surface area contributed by atoms with Crippen LogP contribution in [0.4, 0.5) is 0 Å². The molecule has 0 fully saturated rings. The molecule has 0 radical (unpaired) electrons. The smallest absolute Gasteiger partial charge is 0.269 e. The van der Waals surface area contributed by atoms with E-state index in [-0.39, 0.29) is 22.9 Å². The molecule has 0 bridgehead atoms.